The van der Waals surface area contributed by atoms with Gasteiger partial charge in [0.1, 0.15) is 0 Å². The zero-order valence-corrected chi connectivity index (χ0v) is 8.68. The fraction of sp³-hybridized carbons (Fsp3) is 0.545. The normalized spacial score (nSPS) is 8.15. The van der Waals surface area contributed by atoms with Crippen LogP contribution in [0, 0.1) is 0 Å². The molecule has 13 heavy (non-hydrogen) atoms. The first-order chi connectivity index (χ1) is 6.04. The van der Waals surface area contributed by atoms with Gasteiger partial charge in [0.25, 0.3) is 0 Å². The quantitative estimate of drug-likeness (QED) is 0.525. The Kier molecular flexibility index (Phi) is 12.2. The summed E-state index contributed by atoms with van der Waals surface area (Å²) in [6, 6.07) is 0. The van der Waals surface area contributed by atoms with Gasteiger partial charge in [-0.2, -0.15) is 0 Å². The zero-order valence-electron chi connectivity index (χ0n) is 8.68. The molecule has 0 aliphatic heterocycles. The maximum absolute atomic E-state index is 9.87. The minimum atomic E-state index is -0.682. The Labute approximate surface area is 81.0 Å². The van der Waals surface area contributed by atoms with Crippen LogP contribution in [0.25, 0.3) is 0 Å². The van der Waals surface area contributed by atoms with Crippen LogP contribution in [-0.2, 0) is 4.79 Å². The minimum Gasteiger partial charge on any atom is -0.481 e. The van der Waals surface area contributed by atoms with Gasteiger partial charge in [0.15, 0.2) is 0 Å². The molecule has 0 saturated carbocycles. The molecule has 0 aromatic heterocycles. The Morgan fingerprint density at radius 2 is 1.92 bits per heavy atom. The number of carbonyl (C=O) groups is 1. The van der Waals surface area contributed by atoms with Crippen molar-refractivity contribution >= 4 is 5.97 Å². The number of carboxylic acid groups (broad SMARTS) is 1. The van der Waals surface area contributed by atoms with E-state index in [9.17, 15) is 4.79 Å². The summed E-state index contributed by atoms with van der Waals surface area (Å²) in [6.07, 6.45) is 5.00. The van der Waals surface area contributed by atoms with Crippen molar-refractivity contribution in [2.75, 3.05) is 0 Å². The number of allylic oxidation sites excluding steroid dienone is 2. The van der Waals surface area contributed by atoms with Gasteiger partial charge in [0.2, 0.25) is 0 Å². The topological polar surface area (TPSA) is 37.3 Å². The Bertz CT molecular complexity index is 159. The first-order valence-corrected chi connectivity index (χ1v) is 4.54. The lowest BCUT2D eigenvalue weighted by molar-refractivity contribution is -0.137. The van der Waals surface area contributed by atoms with Crippen LogP contribution in [0.5, 0.6) is 0 Å². The Morgan fingerprint density at radius 1 is 1.46 bits per heavy atom. The monoisotopic (exact) mass is 184 g/mol. The molecule has 0 aliphatic carbocycles. The van der Waals surface area contributed by atoms with Crippen molar-refractivity contribution < 1.29 is 9.90 Å². The lowest BCUT2D eigenvalue weighted by Gasteiger charge is -1.89. The molecule has 0 spiro atoms. The van der Waals surface area contributed by atoms with Crippen molar-refractivity contribution in [1.29, 1.82) is 0 Å². The molecule has 0 atom stereocenters. The fourth-order valence-electron chi connectivity index (χ4n) is 0.526. The number of unbranched alkanes of at least 4 members (excludes halogenated alkanes) is 2. The third-order valence-electron chi connectivity index (χ3n) is 1.34. The Balaban J connectivity index is 0. The van der Waals surface area contributed by atoms with Crippen molar-refractivity contribution in [3.8, 4) is 0 Å². The molecule has 0 aliphatic rings. The van der Waals surface area contributed by atoms with Crippen LogP contribution in [0.3, 0.4) is 0 Å². The lowest BCUT2D eigenvalue weighted by atomic mass is 10.2. The summed E-state index contributed by atoms with van der Waals surface area (Å²) in [4.78, 5) is 9.87. The molecule has 0 aromatic carbocycles. The maximum Gasteiger partial charge on any atom is 0.303 e. The van der Waals surface area contributed by atoms with E-state index in [0.717, 1.165) is 24.8 Å². The third kappa shape index (κ3) is 24.8. The average molecular weight is 184 g/mol. The molecule has 2 nitrogen and oxygen atoms in total. The van der Waals surface area contributed by atoms with Crippen LogP contribution in [0.2, 0.25) is 0 Å². The van der Waals surface area contributed by atoms with Gasteiger partial charge >= 0.3 is 5.97 Å². The van der Waals surface area contributed by atoms with Gasteiger partial charge in [-0.1, -0.05) is 44.6 Å². The zero-order chi connectivity index (χ0) is 10.7. The van der Waals surface area contributed by atoms with E-state index < -0.39 is 5.97 Å². The molecule has 0 heterocycles. The molecule has 0 amide bonds. The fourth-order valence-corrected chi connectivity index (χ4v) is 0.526. The van der Waals surface area contributed by atoms with E-state index in [1.54, 1.807) is 6.08 Å². The minimum absolute atomic E-state index is 0.327. The SMILES string of the molecule is C=CC(=C)C.CCCCCC(=O)O. The van der Waals surface area contributed by atoms with Gasteiger partial charge in [0.05, 0.1) is 0 Å². The number of hydrogen-bond acceptors (Lipinski definition) is 1. The maximum atomic E-state index is 9.87. The standard InChI is InChI=1S/C6H12O2.C5H8/c1-2-3-4-5-6(7)8;1-4-5(2)3/h2-5H2,1H3,(H,7,8);4H,1-2H2,3H3. The molecular formula is C11H20O2. The van der Waals surface area contributed by atoms with Gasteiger partial charge in [-0.05, 0) is 13.3 Å². The van der Waals surface area contributed by atoms with E-state index in [1.165, 1.54) is 0 Å². The molecule has 0 bridgehead atoms. The summed E-state index contributed by atoms with van der Waals surface area (Å²) < 4.78 is 0. The van der Waals surface area contributed by atoms with Gasteiger partial charge < -0.3 is 5.11 Å². The van der Waals surface area contributed by atoms with Crippen molar-refractivity contribution in [2.45, 2.75) is 39.5 Å². The molecular weight excluding hydrogens is 164 g/mol. The van der Waals surface area contributed by atoms with Crippen LogP contribution in [0.1, 0.15) is 39.5 Å². The predicted molar refractivity (Wildman–Crippen MR) is 56.8 cm³/mol. The summed E-state index contributed by atoms with van der Waals surface area (Å²) in [5.41, 5.74) is 1.02. The molecule has 76 valence electrons. The van der Waals surface area contributed by atoms with Crippen molar-refractivity contribution in [2.24, 2.45) is 0 Å². The first kappa shape index (κ1) is 14.5. The van der Waals surface area contributed by atoms with Crippen LogP contribution in [0.4, 0.5) is 0 Å². The highest BCUT2D eigenvalue weighted by Gasteiger charge is 1.92. The highest BCUT2D eigenvalue weighted by Crippen LogP contribution is 1.97. The predicted octanol–water partition coefficient (Wildman–Crippen LogP) is 3.40. The summed E-state index contributed by atoms with van der Waals surface area (Å²) >= 11 is 0. The van der Waals surface area contributed by atoms with Crippen LogP contribution in [0.15, 0.2) is 24.8 Å². The molecule has 0 radical (unpaired) electrons. The number of aliphatic carboxylic acids is 1. The van der Waals surface area contributed by atoms with E-state index in [4.69, 9.17) is 5.11 Å². The summed E-state index contributed by atoms with van der Waals surface area (Å²) in [5, 5.41) is 8.14. The second-order valence-corrected chi connectivity index (χ2v) is 2.90. The largest absolute Gasteiger partial charge is 0.481 e. The summed E-state index contributed by atoms with van der Waals surface area (Å²) in [7, 11) is 0. The molecule has 0 unspecified atom stereocenters. The summed E-state index contributed by atoms with van der Waals surface area (Å²) in [6.45, 7) is 11.0. The first-order valence-electron chi connectivity index (χ1n) is 4.54. The van der Waals surface area contributed by atoms with E-state index in [1.807, 2.05) is 6.92 Å². The highest BCUT2D eigenvalue weighted by molar-refractivity contribution is 5.66. The molecule has 0 fully saturated rings. The van der Waals surface area contributed by atoms with Crippen LogP contribution in [-0.4, -0.2) is 11.1 Å². The van der Waals surface area contributed by atoms with Crippen molar-refractivity contribution in [1.82, 2.24) is 0 Å². The van der Waals surface area contributed by atoms with E-state index in [2.05, 4.69) is 20.1 Å². The summed E-state index contributed by atoms with van der Waals surface area (Å²) in [5.74, 6) is -0.682. The highest BCUT2D eigenvalue weighted by atomic mass is 16.4. The number of carboxylic acids is 1. The van der Waals surface area contributed by atoms with Gasteiger partial charge in [-0.25, -0.2) is 0 Å². The van der Waals surface area contributed by atoms with Crippen LogP contribution < -0.4 is 0 Å². The van der Waals surface area contributed by atoms with Gasteiger partial charge in [-0.3, -0.25) is 4.79 Å². The number of rotatable bonds is 5. The molecule has 1 N–H and O–H groups in total. The average Bonchev–Trinajstić information content (AvgIpc) is 2.05. The van der Waals surface area contributed by atoms with Crippen molar-refractivity contribution in [3.05, 3.63) is 24.8 Å². The molecule has 0 aromatic rings. The van der Waals surface area contributed by atoms with Gasteiger partial charge in [-0.15, -0.1) is 0 Å². The molecule has 0 saturated heterocycles. The van der Waals surface area contributed by atoms with E-state index >= 15 is 0 Å². The smallest absolute Gasteiger partial charge is 0.303 e. The van der Waals surface area contributed by atoms with Gasteiger partial charge in [0, 0.05) is 6.42 Å². The lowest BCUT2D eigenvalue weighted by Crippen LogP contribution is -1.92. The van der Waals surface area contributed by atoms with Crippen molar-refractivity contribution in [3.63, 3.8) is 0 Å². The van der Waals surface area contributed by atoms with Crippen LogP contribution >= 0.6 is 0 Å². The van der Waals surface area contributed by atoms with E-state index in [-0.39, 0.29) is 0 Å². The third-order valence-corrected chi connectivity index (χ3v) is 1.34. The second kappa shape index (κ2) is 11.0. The Hall–Kier alpha value is -1.05. The molecule has 2 heteroatoms. The van der Waals surface area contributed by atoms with E-state index in [0.29, 0.717) is 6.42 Å². The second-order valence-electron chi connectivity index (χ2n) is 2.90. The molecule has 0 rings (SSSR count). The Morgan fingerprint density at radius 3 is 2.15 bits per heavy atom. The number of hydrogen-bond donors (Lipinski definition) is 1.